The lowest BCUT2D eigenvalue weighted by Crippen LogP contribution is -2.16. The van der Waals surface area contributed by atoms with Crippen LogP contribution in [0.4, 0.5) is 5.00 Å². The van der Waals surface area contributed by atoms with E-state index in [0.29, 0.717) is 35.3 Å². The molecule has 0 fully saturated rings. The molecule has 168 valence electrons. The van der Waals surface area contributed by atoms with Gasteiger partial charge in [-0.3, -0.25) is 4.79 Å². The third kappa shape index (κ3) is 6.10. The van der Waals surface area contributed by atoms with Crippen LogP contribution in [0.25, 0.3) is 0 Å². The maximum Gasteiger partial charge on any atom is 0.341 e. The number of esters is 1. The summed E-state index contributed by atoms with van der Waals surface area (Å²) in [4.78, 5) is 26.7. The van der Waals surface area contributed by atoms with Gasteiger partial charge in [-0.15, -0.1) is 11.3 Å². The highest BCUT2D eigenvalue weighted by Crippen LogP contribution is 2.40. The van der Waals surface area contributed by atoms with E-state index in [1.807, 2.05) is 12.1 Å². The number of rotatable bonds is 10. The van der Waals surface area contributed by atoms with Crippen LogP contribution >= 0.6 is 11.3 Å². The van der Waals surface area contributed by atoms with Gasteiger partial charge < -0.3 is 14.8 Å². The number of nitrogens with one attached hydrogen (secondary N) is 1. The SMILES string of the molecule is CCCCCCOc1ccc(C(=O)Nc2sc3c(c2C(=O)OCC)CCC(C)C3)cc1. The van der Waals surface area contributed by atoms with Crippen molar-refractivity contribution in [3.8, 4) is 5.75 Å². The lowest BCUT2D eigenvalue weighted by Gasteiger charge is -2.18. The van der Waals surface area contributed by atoms with Gasteiger partial charge in [0.05, 0.1) is 18.8 Å². The second-order valence-corrected chi connectivity index (χ2v) is 9.27. The third-order valence-corrected chi connectivity index (χ3v) is 6.77. The van der Waals surface area contributed by atoms with Gasteiger partial charge in [-0.25, -0.2) is 4.79 Å². The molecule has 1 atom stereocenters. The van der Waals surface area contributed by atoms with E-state index >= 15 is 0 Å². The molecule has 6 heteroatoms. The molecule has 0 saturated carbocycles. The molecule has 0 radical (unpaired) electrons. The van der Waals surface area contributed by atoms with Gasteiger partial charge in [0.2, 0.25) is 0 Å². The molecule has 1 aliphatic carbocycles. The molecule has 1 heterocycles. The minimum Gasteiger partial charge on any atom is -0.494 e. The first kappa shape index (κ1) is 23.3. The van der Waals surface area contributed by atoms with Crippen LogP contribution in [0.5, 0.6) is 5.75 Å². The number of ether oxygens (including phenoxy) is 2. The van der Waals surface area contributed by atoms with Gasteiger partial charge >= 0.3 is 5.97 Å². The Labute approximate surface area is 189 Å². The van der Waals surface area contributed by atoms with Crippen molar-refractivity contribution in [2.75, 3.05) is 18.5 Å². The number of hydrogen-bond donors (Lipinski definition) is 1. The van der Waals surface area contributed by atoms with Gasteiger partial charge in [0.25, 0.3) is 5.91 Å². The second-order valence-electron chi connectivity index (χ2n) is 8.16. The molecule has 0 bridgehead atoms. The Bertz CT molecular complexity index is 888. The number of unbranched alkanes of at least 4 members (excludes halogenated alkanes) is 3. The highest BCUT2D eigenvalue weighted by molar-refractivity contribution is 7.17. The summed E-state index contributed by atoms with van der Waals surface area (Å²) in [5, 5.41) is 3.56. The zero-order valence-electron chi connectivity index (χ0n) is 18.8. The molecule has 0 aliphatic heterocycles. The van der Waals surface area contributed by atoms with Crippen molar-refractivity contribution in [1.29, 1.82) is 0 Å². The summed E-state index contributed by atoms with van der Waals surface area (Å²) in [7, 11) is 0. The molecule has 31 heavy (non-hydrogen) atoms. The Balaban J connectivity index is 1.69. The number of fused-ring (bicyclic) bond motifs is 1. The Kier molecular flexibility index (Phi) is 8.52. The number of carbonyl (C=O) groups is 2. The molecule has 1 aromatic carbocycles. The lowest BCUT2D eigenvalue weighted by atomic mass is 9.88. The summed E-state index contributed by atoms with van der Waals surface area (Å²) in [6.45, 7) is 7.20. The highest BCUT2D eigenvalue weighted by atomic mass is 32.1. The van der Waals surface area contributed by atoms with E-state index in [4.69, 9.17) is 9.47 Å². The summed E-state index contributed by atoms with van der Waals surface area (Å²) in [5.41, 5.74) is 2.12. The first-order valence-electron chi connectivity index (χ1n) is 11.4. The van der Waals surface area contributed by atoms with Crippen molar-refractivity contribution < 1.29 is 19.1 Å². The molecule has 3 rings (SSSR count). The van der Waals surface area contributed by atoms with E-state index in [-0.39, 0.29) is 11.9 Å². The van der Waals surface area contributed by atoms with E-state index < -0.39 is 0 Å². The van der Waals surface area contributed by atoms with Crippen LogP contribution < -0.4 is 10.1 Å². The maximum absolute atomic E-state index is 12.9. The van der Waals surface area contributed by atoms with Crippen LogP contribution in [0.1, 0.15) is 84.0 Å². The predicted molar refractivity (Wildman–Crippen MR) is 125 cm³/mol. The number of thiophene rings is 1. The number of amides is 1. The summed E-state index contributed by atoms with van der Waals surface area (Å²) in [6.07, 6.45) is 7.46. The minimum absolute atomic E-state index is 0.230. The summed E-state index contributed by atoms with van der Waals surface area (Å²) < 4.78 is 11.0. The molecular weight excluding hydrogens is 410 g/mol. The van der Waals surface area contributed by atoms with Crippen molar-refractivity contribution >= 4 is 28.2 Å². The normalized spacial score (nSPS) is 15.3. The molecule has 5 nitrogen and oxygen atoms in total. The number of benzene rings is 1. The van der Waals surface area contributed by atoms with Crippen molar-refractivity contribution in [1.82, 2.24) is 0 Å². The molecular formula is C25H33NO4S. The summed E-state index contributed by atoms with van der Waals surface area (Å²) in [5.74, 6) is 0.767. The standard InChI is InChI=1S/C25H33NO4S/c1-4-6-7-8-15-30-19-12-10-18(11-13-19)23(27)26-24-22(25(28)29-5-2)20-14-9-17(3)16-21(20)31-24/h10-13,17H,4-9,14-16H2,1-3H3,(H,26,27). The maximum atomic E-state index is 12.9. The molecule has 1 N–H and O–H groups in total. The summed E-state index contributed by atoms with van der Waals surface area (Å²) in [6, 6.07) is 7.16. The van der Waals surface area contributed by atoms with Crippen molar-refractivity contribution in [2.45, 2.75) is 65.7 Å². The van der Waals surface area contributed by atoms with Crippen LogP contribution in [0, 0.1) is 5.92 Å². The van der Waals surface area contributed by atoms with E-state index in [9.17, 15) is 9.59 Å². The van der Waals surface area contributed by atoms with Gasteiger partial charge in [-0.1, -0.05) is 33.1 Å². The summed E-state index contributed by atoms with van der Waals surface area (Å²) >= 11 is 1.51. The van der Waals surface area contributed by atoms with E-state index in [1.54, 1.807) is 19.1 Å². The fraction of sp³-hybridized carbons (Fsp3) is 0.520. The highest BCUT2D eigenvalue weighted by Gasteiger charge is 2.29. The third-order valence-electron chi connectivity index (χ3n) is 5.60. The minimum atomic E-state index is -0.350. The van der Waals surface area contributed by atoms with Crippen molar-refractivity contribution in [3.63, 3.8) is 0 Å². The van der Waals surface area contributed by atoms with E-state index in [0.717, 1.165) is 37.0 Å². The monoisotopic (exact) mass is 443 g/mol. The zero-order valence-corrected chi connectivity index (χ0v) is 19.6. The fourth-order valence-corrected chi connectivity index (χ4v) is 5.25. The molecule has 2 aromatic rings. The molecule has 1 unspecified atom stereocenters. The fourth-order valence-electron chi connectivity index (χ4n) is 3.85. The van der Waals surface area contributed by atoms with Crippen LogP contribution in [-0.2, 0) is 17.6 Å². The van der Waals surface area contributed by atoms with Gasteiger partial charge in [-0.05, 0) is 68.4 Å². The quantitative estimate of drug-likeness (QED) is 0.348. The van der Waals surface area contributed by atoms with Crippen LogP contribution in [0.2, 0.25) is 0 Å². The van der Waals surface area contributed by atoms with E-state index in [1.165, 1.54) is 35.5 Å². The van der Waals surface area contributed by atoms with Gasteiger partial charge in [0, 0.05) is 10.4 Å². The molecule has 1 aliphatic rings. The number of carbonyl (C=O) groups excluding carboxylic acids is 2. The Morgan fingerprint density at radius 3 is 2.61 bits per heavy atom. The first-order valence-corrected chi connectivity index (χ1v) is 12.2. The molecule has 1 aromatic heterocycles. The van der Waals surface area contributed by atoms with Crippen molar-refractivity contribution in [3.05, 3.63) is 45.8 Å². The Morgan fingerprint density at radius 1 is 1.13 bits per heavy atom. The smallest absolute Gasteiger partial charge is 0.341 e. The first-order chi connectivity index (χ1) is 15.0. The average molecular weight is 444 g/mol. The molecule has 0 saturated heterocycles. The van der Waals surface area contributed by atoms with Crippen LogP contribution in [0.15, 0.2) is 24.3 Å². The van der Waals surface area contributed by atoms with Crippen LogP contribution in [0.3, 0.4) is 0 Å². The Hall–Kier alpha value is -2.34. The number of anilines is 1. The zero-order chi connectivity index (χ0) is 22.2. The number of hydrogen-bond acceptors (Lipinski definition) is 5. The molecule has 0 spiro atoms. The van der Waals surface area contributed by atoms with Gasteiger partial charge in [0.1, 0.15) is 10.8 Å². The Morgan fingerprint density at radius 2 is 1.90 bits per heavy atom. The van der Waals surface area contributed by atoms with Gasteiger partial charge in [0.15, 0.2) is 0 Å². The molecule has 1 amide bonds. The topological polar surface area (TPSA) is 64.6 Å². The predicted octanol–water partition coefficient (Wildman–Crippen LogP) is 6.26. The van der Waals surface area contributed by atoms with Crippen LogP contribution in [-0.4, -0.2) is 25.1 Å². The lowest BCUT2D eigenvalue weighted by molar-refractivity contribution is 0.0526. The van der Waals surface area contributed by atoms with Gasteiger partial charge in [-0.2, -0.15) is 0 Å². The van der Waals surface area contributed by atoms with Crippen molar-refractivity contribution in [2.24, 2.45) is 5.92 Å². The largest absolute Gasteiger partial charge is 0.494 e. The van der Waals surface area contributed by atoms with E-state index in [2.05, 4.69) is 19.2 Å². The average Bonchev–Trinajstić information content (AvgIpc) is 3.11. The second kappa shape index (κ2) is 11.3.